The van der Waals surface area contributed by atoms with Gasteiger partial charge in [-0.25, -0.2) is 17.5 Å². The van der Waals surface area contributed by atoms with Crippen LogP contribution in [0.3, 0.4) is 0 Å². The van der Waals surface area contributed by atoms with E-state index in [9.17, 15) is 17.6 Å². The molecular weight excluding hydrogens is 459 g/mol. The molecule has 2 N–H and O–H groups in total. The number of halogens is 2. The van der Waals surface area contributed by atoms with E-state index in [1.807, 2.05) is 0 Å². The second kappa shape index (κ2) is 8.73. The molecule has 12 heteroatoms. The largest absolute Gasteiger partial charge is 0.320 e. The topological polar surface area (TPSA) is 119 Å². The number of hydrogen-bond donors (Lipinski definition) is 2. The highest BCUT2D eigenvalue weighted by Gasteiger charge is 2.21. The highest BCUT2D eigenvalue weighted by molar-refractivity contribution is 7.92. The molecule has 0 bridgehead atoms. The maximum atomic E-state index is 14.0. The summed E-state index contributed by atoms with van der Waals surface area (Å²) in [7, 11) is -4.26. The van der Waals surface area contributed by atoms with Crippen LogP contribution in [0.15, 0.2) is 78.0 Å². The summed E-state index contributed by atoms with van der Waals surface area (Å²) in [6.45, 7) is 0. The van der Waals surface area contributed by atoms with E-state index in [2.05, 4.69) is 25.6 Å². The minimum Gasteiger partial charge on any atom is -0.320 e. The fraction of sp³-hybridized carbons (Fsp3) is 0. The van der Waals surface area contributed by atoms with E-state index in [1.54, 1.807) is 24.3 Å². The Balaban J connectivity index is 1.63. The van der Waals surface area contributed by atoms with Crippen LogP contribution < -0.4 is 10.0 Å². The highest BCUT2D eigenvalue weighted by Crippen LogP contribution is 2.29. The van der Waals surface area contributed by atoms with Gasteiger partial charge in [0, 0.05) is 10.6 Å². The Labute approximate surface area is 186 Å². The summed E-state index contributed by atoms with van der Waals surface area (Å²) in [5.41, 5.74) is 0.924. The Morgan fingerprint density at radius 1 is 1.00 bits per heavy atom. The zero-order chi connectivity index (χ0) is 22.7. The third-order valence-electron chi connectivity index (χ3n) is 4.32. The average molecular weight is 473 g/mol. The van der Waals surface area contributed by atoms with Gasteiger partial charge in [-0.15, -0.1) is 5.10 Å². The van der Waals surface area contributed by atoms with Crippen LogP contribution in [0.1, 0.15) is 10.4 Å². The minimum absolute atomic E-state index is 0.0163. The molecule has 0 saturated carbocycles. The summed E-state index contributed by atoms with van der Waals surface area (Å²) in [6, 6.07) is 15.6. The molecule has 0 saturated heterocycles. The molecule has 162 valence electrons. The first-order valence-electron chi connectivity index (χ1n) is 9.05. The third kappa shape index (κ3) is 4.58. The number of rotatable bonds is 6. The lowest BCUT2D eigenvalue weighted by Gasteiger charge is -2.15. The van der Waals surface area contributed by atoms with E-state index in [4.69, 9.17) is 11.6 Å². The SMILES string of the molecule is O=C(Nc1cc(Cl)ccc1NS(=O)(=O)c1ccccc1F)c1cccc(-n2cnnn2)c1. The van der Waals surface area contributed by atoms with Crippen LogP contribution in [0.25, 0.3) is 5.69 Å². The van der Waals surface area contributed by atoms with Crippen LogP contribution in [0.2, 0.25) is 5.02 Å². The van der Waals surface area contributed by atoms with Gasteiger partial charge in [0.25, 0.3) is 15.9 Å². The first-order chi connectivity index (χ1) is 15.3. The molecule has 0 aliphatic heterocycles. The molecule has 0 unspecified atom stereocenters. The number of sulfonamides is 1. The molecule has 0 radical (unpaired) electrons. The maximum absolute atomic E-state index is 14.0. The monoisotopic (exact) mass is 472 g/mol. The van der Waals surface area contributed by atoms with Crippen molar-refractivity contribution in [1.29, 1.82) is 0 Å². The molecule has 0 atom stereocenters. The van der Waals surface area contributed by atoms with Crippen LogP contribution >= 0.6 is 11.6 Å². The second-order valence-electron chi connectivity index (χ2n) is 6.48. The number of anilines is 2. The van der Waals surface area contributed by atoms with Gasteiger partial charge in [-0.3, -0.25) is 9.52 Å². The Morgan fingerprint density at radius 2 is 1.81 bits per heavy atom. The second-order valence-corrected chi connectivity index (χ2v) is 8.57. The lowest BCUT2D eigenvalue weighted by molar-refractivity contribution is 0.102. The molecule has 0 spiro atoms. The minimum atomic E-state index is -4.26. The molecule has 1 amide bonds. The number of tetrazole rings is 1. The van der Waals surface area contributed by atoms with Crippen LogP contribution in [-0.4, -0.2) is 34.5 Å². The van der Waals surface area contributed by atoms with Crippen LogP contribution in [0.4, 0.5) is 15.8 Å². The fourth-order valence-corrected chi connectivity index (χ4v) is 4.17. The van der Waals surface area contributed by atoms with Gasteiger partial charge < -0.3 is 5.32 Å². The van der Waals surface area contributed by atoms with Crippen molar-refractivity contribution in [2.45, 2.75) is 4.90 Å². The van der Waals surface area contributed by atoms with Gasteiger partial charge in [-0.05, 0) is 59.0 Å². The van der Waals surface area contributed by atoms with Crippen molar-refractivity contribution in [3.05, 3.63) is 89.5 Å². The maximum Gasteiger partial charge on any atom is 0.264 e. The molecule has 3 aromatic carbocycles. The molecule has 1 heterocycles. The van der Waals surface area contributed by atoms with E-state index in [0.717, 1.165) is 12.1 Å². The fourth-order valence-electron chi connectivity index (χ4n) is 2.84. The molecule has 0 fully saturated rings. The van der Waals surface area contributed by atoms with Crippen LogP contribution in [0, 0.1) is 5.82 Å². The Hall–Kier alpha value is -3.83. The molecule has 1 aromatic heterocycles. The van der Waals surface area contributed by atoms with Crippen molar-refractivity contribution in [2.24, 2.45) is 0 Å². The van der Waals surface area contributed by atoms with Crippen molar-refractivity contribution in [2.75, 3.05) is 10.0 Å². The van der Waals surface area contributed by atoms with E-state index >= 15 is 0 Å². The predicted molar refractivity (Wildman–Crippen MR) is 116 cm³/mol. The van der Waals surface area contributed by atoms with Crippen LogP contribution in [0.5, 0.6) is 0 Å². The highest BCUT2D eigenvalue weighted by atomic mass is 35.5. The number of nitrogens with one attached hydrogen (secondary N) is 2. The number of amides is 1. The molecular formula is C20H14ClFN6O3S. The summed E-state index contributed by atoms with van der Waals surface area (Å²) in [5, 5.41) is 13.8. The number of aromatic nitrogens is 4. The van der Waals surface area contributed by atoms with Crippen molar-refractivity contribution in [3.63, 3.8) is 0 Å². The van der Waals surface area contributed by atoms with E-state index in [1.165, 1.54) is 41.3 Å². The van der Waals surface area contributed by atoms with Crippen LogP contribution in [-0.2, 0) is 10.0 Å². The Kier molecular flexibility index (Phi) is 5.84. The number of carbonyl (C=O) groups is 1. The predicted octanol–water partition coefficient (Wildman–Crippen LogP) is 3.51. The van der Waals surface area contributed by atoms with Gasteiger partial charge in [0.1, 0.15) is 17.0 Å². The molecule has 32 heavy (non-hydrogen) atoms. The van der Waals surface area contributed by atoms with Gasteiger partial charge in [0.2, 0.25) is 0 Å². The van der Waals surface area contributed by atoms with Gasteiger partial charge in [0.15, 0.2) is 0 Å². The lowest BCUT2D eigenvalue weighted by atomic mass is 10.1. The first kappa shape index (κ1) is 21.4. The molecule has 0 aliphatic rings. The normalized spacial score (nSPS) is 11.2. The number of carbonyl (C=O) groups excluding carboxylic acids is 1. The smallest absolute Gasteiger partial charge is 0.264 e. The van der Waals surface area contributed by atoms with Gasteiger partial charge in [-0.2, -0.15) is 0 Å². The molecule has 0 aliphatic carbocycles. The summed E-state index contributed by atoms with van der Waals surface area (Å²) < 4.78 is 43.0. The summed E-state index contributed by atoms with van der Waals surface area (Å²) in [6.07, 6.45) is 1.38. The van der Waals surface area contributed by atoms with Gasteiger partial charge in [-0.1, -0.05) is 29.8 Å². The van der Waals surface area contributed by atoms with Crippen molar-refractivity contribution in [3.8, 4) is 5.69 Å². The van der Waals surface area contributed by atoms with Crippen molar-refractivity contribution in [1.82, 2.24) is 20.2 Å². The first-order valence-corrected chi connectivity index (χ1v) is 10.9. The summed E-state index contributed by atoms with van der Waals surface area (Å²) >= 11 is 6.04. The summed E-state index contributed by atoms with van der Waals surface area (Å²) in [5.74, 6) is -1.44. The average Bonchev–Trinajstić information content (AvgIpc) is 3.31. The van der Waals surface area contributed by atoms with E-state index in [-0.39, 0.29) is 22.0 Å². The standard InChI is InChI=1S/C20H14ClFN6O3S/c21-14-8-9-17(25-32(30,31)19-7-2-1-6-16(19)22)18(11-14)24-20(29)13-4-3-5-15(10-13)28-12-23-26-27-28/h1-12,25H,(H,24,29). The van der Waals surface area contributed by atoms with Crippen molar-refractivity contribution < 1.29 is 17.6 Å². The van der Waals surface area contributed by atoms with Gasteiger partial charge >= 0.3 is 0 Å². The molecule has 4 rings (SSSR count). The Morgan fingerprint density at radius 3 is 2.56 bits per heavy atom. The van der Waals surface area contributed by atoms with E-state index < -0.39 is 26.6 Å². The quantitative estimate of drug-likeness (QED) is 0.443. The summed E-state index contributed by atoms with van der Waals surface area (Å²) in [4.78, 5) is 12.3. The lowest BCUT2D eigenvalue weighted by Crippen LogP contribution is -2.18. The third-order valence-corrected chi connectivity index (χ3v) is 5.96. The van der Waals surface area contributed by atoms with Crippen molar-refractivity contribution >= 4 is 38.9 Å². The number of hydrogen-bond acceptors (Lipinski definition) is 6. The molecule has 9 nitrogen and oxygen atoms in total. The number of benzene rings is 3. The van der Waals surface area contributed by atoms with Gasteiger partial charge in [0.05, 0.1) is 17.1 Å². The zero-order valence-corrected chi connectivity index (χ0v) is 17.7. The number of nitrogens with zero attached hydrogens (tertiary/aromatic N) is 4. The molecule has 4 aromatic rings. The Bertz CT molecular complexity index is 1400. The van der Waals surface area contributed by atoms with E-state index in [0.29, 0.717) is 5.69 Å². The zero-order valence-electron chi connectivity index (χ0n) is 16.1.